The van der Waals surface area contributed by atoms with E-state index in [1.54, 1.807) is 11.8 Å². The summed E-state index contributed by atoms with van der Waals surface area (Å²) in [6.07, 6.45) is 5.67. The lowest BCUT2D eigenvalue weighted by Crippen LogP contribution is -1.78. The first-order chi connectivity index (χ1) is 7.33. The molecule has 82 valence electrons. The number of hydrogen-bond acceptors (Lipinski definition) is 1. The standard InChI is InChI=1S/C13H17ClS/c1-2-3-5-10-13(14)15-11-12-8-6-4-7-9-12/h4,6-10H,2-3,5,11H2,1H3/b13-10-. The van der Waals surface area contributed by atoms with Crippen molar-refractivity contribution in [1.82, 2.24) is 0 Å². The van der Waals surface area contributed by atoms with Gasteiger partial charge < -0.3 is 0 Å². The molecule has 0 spiro atoms. The molecule has 0 aliphatic carbocycles. The Morgan fingerprint density at radius 2 is 2.07 bits per heavy atom. The van der Waals surface area contributed by atoms with Crippen LogP contribution in [-0.2, 0) is 5.75 Å². The number of allylic oxidation sites excluding steroid dienone is 1. The zero-order valence-corrected chi connectivity index (χ0v) is 10.7. The monoisotopic (exact) mass is 240 g/mol. The predicted molar refractivity (Wildman–Crippen MR) is 71.2 cm³/mol. The van der Waals surface area contributed by atoms with Crippen molar-refractivity contribution < 1.29 is 0 Å². The summed E-state index contributed by atoms with van der Waals surface area (Å²) < 4.78 is 0.923. The highest BCUT2D eigenvalue weighted by atomic mass is 35.5. The van der Waals surface area contributed by atoms with Gasteiger partial charge in [-0.25, -0.2) is 0 Å². The molecule has 0 N–H and O–H groups in total. The molecular formula is C13H17ClS. The van der Waals surface area contributed by atoms with E-state index in [0.29, 0.717) is 0 Å². The van der Waals surface area contributed by atoms with E-state index >= 15 is 0 Å². The maximum absolute atomic E-state index is 6.09. The highest BCUT2D eigenvalue weighted by Gasteiger charge is 1.95. The normalized spacial score (nSPS) is 11.7. The largest absolute Gasteiger partial charge is 0.110 e. The molecule has 0 bridgehead atoms. The Balaban J connectivity index is 2.28. The smallest absolute Gasteiger partial charge is 0.0698 e. The molecule has 0 atom stereocenters. The Morgan fingerprint density at radius 1 is 1.33 bits per heavy atom. The van der Waals surface area contributed by atoms with E-state index in [2.05, 4.69) is 37.3 Å². The minimum atomic E-state index is 0.923. The van der Waals surface area contributed by atoms with Crippen molar-refractivity contribution in [3.63, 3.8) is 0 Å². The molecule has 15 heavy (non-hydrogen) atoms. The maximum Gasteiger partial charge on any atom is 0.0698 e. The maximum atomic E-state index is 6.09. The van der Waals surface area contributed by atoms with Gasteiger partial charge in [-0.15, -0.1) is 11.8 Å². The first kappa shape index (κ1) is 12.7. The average Bonchev–Trinajstić information content (AvgIpc) is 2.28. The molecule has 0 nitrogen and oxygen atoms in total. The highest BCUT2D eigenvalue weighted by Crippen LogP contribution is 2.25. The van der Waals surface area contributed by atoms with Gasteiger partial charge in [0.2, 0.25) is 0 Å². The van der Waals surface area contributed by atoms with Crippen LogP contribution in [0.25, 0.3) is 0 Å². The Morgan fingerprint density at radius 3 is 2.73 bits per heavy atom. The second-order valence-electron chi connectivity index (χ2n) is 3.42. The van der Waals surface area contributed by atoms with Crippen LogP contribution in [-0.4, -0.2) is 0 Å². The fourth-order valence-corrected chi connectivity index (χ4v) is 2.21. The van der Waals surface area contributed by atoms with E-state index in [4.69, 9.17) is 11.6 Å². The second-order valence-corrected chi connectivity index (χ2v) is 5.07. The molecule has 0 aliphatic heterocycles. The second kappa shape index (κ2) is 7.84. The van der Waals surface area contributed by atoms with Gasteiger partial charge in [-0.1, -0.05) is 67.8 Å². The molecule has 2 heteroatoms. The van der Waals surface area contributed by atoms with Crippen LogP contribution < -0.4 is 0 Å². The summed E-state index contributed by atoms with van der Waals surface area (Å²) in [6, 6.07) is 10.4. The van der Waals surface area contributed by atoms with Gasteiger partial charge >= 0.3 is 0 Å². The van der Waals surface area contributed by atoms with Crippen molar-refractivity contribution in [1.29, 1.82) is 0 Å². The molecule has 1 aromatic rings. The lowest BCUT2D eigenvalue weighted by atomic mass is 10.2. The van der Waals surface area contributed by atoms with Crippen LogP contribution in [0.15, 0.2) is 40.8 Å². The predicted octanol–water partition coefficient (Wildman–Crippen LogP) is 5.19. The molecule has 0 heterocycles. The molecular weight excluding hydrogens is 224 g/mol. The summed E-state index contributed by atoms with van der Waals surface area (Å²) in [6.45, 7) is 2.19. The quantitative estimate of drug-likeness (QED) is 0.617. The third kappa shape index (κ3) is 5.91. The molecule has 0 aliphatic rings. The van der Waals surface area contributed by atoms with E-state index in [1.165, 1.54) is 18.4 Å². The summed E-state index contributed by atoms with van der Waals surface area (Å²) >= 11 is 7.80. The summed E-state index contributed by atoms with van der Waals surface area (Å²) in [5.74, 6) is 0.961. The van der Waals surface area contributed by atoms with Crippen LogP contribution in [0.4, 0.5) is 0 Å². The van der Waals surface area contributed by atoms with Crippen molar-refractivity contribution in [2.24, 2.45) is 0 Å². The third-order valence-electron chi connectivity index (χ3n) is 2.08. The van der Waals surface area contributed by atoms with Gasteiger partial charge in [0.15, 0.2) is 0 Å². The summed E-state index contributed by atoms with van der Waals surface area (Å²) in [5.41, 5.74) is 1.32. The summed E-state index contributed by atoms with van der Waals surface area (Å²) in [4.78, 5) is 0. The average molecular weight is 241 g/mol. The number of rotatable bonds is 6. The molecule has 0 saturated heterocycles. The van der Waals surface area contributed by atoms with Crippen LogP contribution >= 0.6 is 23.4 Å². The number of hydrogen-bond donors (Lipinski definition) is 0. The van der Waals surface area contributed by atoms with Crippen molar-refractivity contribution in [2.45, 2.75) is 31.9 Å². The highest BCUT2D eigenvalue weighted by molar-refractivity contribution is 8.03. The lowest BCUT2D eigenvalue weighted by molar-refractivity contribution is 0.815. The zero-order chi connectivity index (χ0) is 10.9. The van der Waals surface area contributed by atoms with Crippen LogP contribution in [0.5, 0.6) is 0 Å². The Kier molecular flexibility index (Phi) is 6.62. The summed E-state index contributed by atoms with van der Waals surface area (Å²) in [7, 11) is 0. The van der Waals surface area contributed by atoms with E-state index < -0.39 is 0 Å². The van der Waals surface area contributed by atoms with E-state index in [1.807, 2.05) is 6.07 Å². The molecule has 0 unspecified atom stereocenters. The van der Waals surface area contributed by atoms with E-state index in [-0.39, 0.29) is 0 Å². The van der Waals surface area contributed by atoms with Crippen molar-refractivity contribution >= 4 is 23.4 Å². The number of halogens is 1. The van der Waals surface area contributed by atoms with E-state index in [9.17, 15) is 0 Å². The molecule has 0 fully saturated rings. The van der Waals surface area contributed by atoms with Gasteiger partial charge in [0.25, 0.3) is 0 Å². The molecule has 0 amide bonds. The van der Waals surface area contributed by atoms with Crippen LogP contribution in [0, 0.1) is 0 Å². The molecule has 0 radical (unpaired) electrons. The number of benzene rings is 1. The molecule has 0 saturated carbocycles. The number of unbranched alkanes of at least 4 members (excludes halogenated alkanes) is 2. The lowest BCUT2D eigenvalue weighted by Gasteiger charge is -2.00. The minimum Gasteiger partial charge on any atom is -0.110 e. The first-order valence-electron chi connectivity index (χ1n) is 5.35. The van der Waals surface area contributed by atoms with Crippen LogP contribution in [0.3, 0.4) is 0 Å². The van der Waals surface area contributed by atoms with Gasteiger partial charge in [0.1, 0.15) is 0 Å². The van der Waals surface area contributed by atoms with Crippen molar-refractivity contribution in [3.8, 4) is 0 Å². The van der Waals surface area contributed by atoms with Gasteiger partial charge in [-0.05, 0) is 12.0 Å². The Hall–Kier alpha value is -0.400. The topological polar surface area (TPSA) is 0 Å². The number of thioether (sulfide) groups is 1. The fraction of sp³-hybridized carbons (Fsp3) is 0.385. The van der Waals surface area contributed by atoms with Crippen molar-refractivity contribution in [2.75, 3.05) is 0 Å². The third-order valence-corrected chi connectivity index (χ3v) is 3.48. The van der Waals surface area contributed by atoms with Gasteiger partial charge in [0.05, 0.1) is 4.36 Å². The van der Waals surface area contributed by atoms with E-state index in [0.717, 1.165) is 16.5 Å². The van der Waals surface area contributed by atoms with Crippen LogP contribution in [0.2, 0.25) is 0 Å². The van der Waals surface area contributed by atoms with Crippen LogP contribution in [0.1, 0.15) is 31.7 Å². The zero-order valence-electron chi connectivity index (χ0n) is 9.08. The minimum absolute atomic E-state index is 0.923. The van der Waals surface area contributed by atoms with Gasteiger partial charge in [0, 0.05) is 5.75 Å². The fourth-order valence-electron chi connectivity index (χ4n) is 1.21. The molecule has 1 aromatic carbocycles. The Labute approximate surface area is 102 Å². The van der Waals surface area contributed by atoms with Gasteiger partial charge in [-0.2, -0.15) is 0 Å². The molecule has 1 rings (SSSR count). The van der Waals surface area contributed by atoms with Gasteiger partial charge in [-0.3, -0.25) is 0 Å². The first-order valence-corrected chi connectivity index (χ1v) is 6.71. The Bertz CT molecular complexity index is 293. The summed E-state index contributed by atoms with van der Waals surface area (Å²) in [5, 5.41) is 0. The SMILES string of the molecule is CCCC/C=C(/Cl)SCc1ccccc1. The van der Waals surface area contributed by atoms with Crippen molar-refractivity contribution in [3.05, 3.63) is 46.3 Å². The molecule has 0 aromatic heterocycles.